The zero-order chi connectivity index (χ0) is 18.8. The lowest BCUT2D eigenvalue weighted by atomic mass is 10.1. The number of methoxy groups -OCH3 is 1. The first-order valence-electron chi connectivity index (χ1n) is 9.40. The number of aromatic nitrogens is 1. The van der Waals surface area contributed by atoms with Crippen molar-refractivity contribution in [2.45, 2.75) is 18.6 Å². The van der Waals surface area contributed by atoms with Crippen LogP contribution >= 0.6 is 0 Å². The Morgan fingerprint density at radius 1 is 1.22 bits per heavy atom. The van der Waals surface area contributed by atoms with E-state index in [4.69, 9.17) is 9.47 Å². The van der Waals surface area contributed by atoms with E-state index >= 15 is 0 Å². The van der Waals surface area contributed by atoms with Gasteiger partial charge < -0.3 is 19.5 Å². The van der Waals surface area contributed by atoms with E-state index in [-0.39, 0.29) is 11.9 Å². The highest BCUT2D eigenvalue weighted by atomic mass is 16.5. The number of rotatable bonds is 3. The Morgan fingerprint density at radius 2 is 2.07 bits per heavy atom. The van der Waals surface area contributed by atoms with Crippen LogP contribution in [0, 0.1) is 0 Å². The molecule has 2 atom stereocenters. The third-order valence-corrected chi connectivity index (χ3v) is 5.44. The zero-order valence-corrected chi connectivity index (χ0v) is 15.5. The number of nitrogens with zero attached hydrogens (tertiary/aromatic N) is 3. The van der Waals surface area contributed by atoms with Gasteiger partial charge >= 0.3 is 0 Å². The quantitative estimate of drug-likeness (QED) is 0.873. The number of aliphatic hydroxyl groups excluding tert-OH is 1. The lowest BCUT2D eigenvalue weighted by Gasteiger charge is -2.28. The fraction of sp³-hybridized carbons (Fsp3) is 0.500. The predicted octanol–water partition coefficient (Wildman–Crippen LogP) is 1.15. The van der Waals surface area contributed by atoms with Crippen LogP contribution in [0.15, 0.2) is 30.3 Å². The van der Waals surface area contributed by atoms with Gasteiger partial charge in [-0.3, -0.25) is 9.69 Å². The zero-order valence-electron chi connectivity index (χ0n) is 15.5. The second-order valence-corrected chi connectivity index (χ2v) is 7.08. The number of amides is 1. The monoisotopic (exact) mass is 371 g/mol. The van der Waals surface area contributed by atoms with Gasteiger partial charge in [0, 0.05) is 37.6 Å². The minimum absolute atomic E-state index is 0.00281. The molecule has 1 aromatic carbocycles. The molecule has 144 valence electrons. The molecule has 2 saturated heterocycles. The van der Waals surface area contributed by atoms with Crippen molar-refractivity contribution in [2.24, 2.45) is 0 Å². The Morgan fingerprint density at radius 3 is 2.85 bits per heavy atom. The number of hydrogen-bond donors (Lipinski definition) is 1. The van der Waals surface area contributed by atoms with Gasteiger partial charge in [0.1, 0.15) is 0 Å². The third kappa shape index (κ3) is 3.63. The molecule has 1 amide bonds. The molecule has 0 aliphatic carbocycles. The number of pyridine rings is 1. The molecule has 2 aliphatic rings. The molecule has 4 rings (SSSR count). The molecule has 0 spiro atoms. The van der Waals surface area contributed by atoms with Gasteiger partial charge in [0.05, 0.1) is 43.5 Å². The van der Waals surface area contributed by atoms with Gasteiger partial charge in [-0.05, 0) is 12.5 Å². The number of benzene rings is 1. The van der Waals surface area contributed by atoms with Gasteiger partial charge in [0.25, 0.3) is 5.91 Å². The molecule has 0 saturated carbocycles. The van der Waals surface area contributed by atoms with Crippen molar-refractivity contribution in [3.63, 3.8) is 0 Å². The number of ether oxygens (including phenoxy) is 2. The number of hydrogen-bond acceptors (Lipinski definition) is 6. The summed E-state index contributed by atoms with van der Waals surface area (Å²) >= 11 is 0. The first-order chi connectivity index (χ1) is 13.2. The van der Waals surface area contributed by atoms with Crippen LogP contribution in [-0.2, 0) is 4.74 Å². The van der Waals surface area contributed by atoms with E-state index < -0.39 is 6.10 Å². The van der Waals surface area contributed by atoms with E-state index in [0.29, 0.717) is 37.7 Å². The van der Waals surface area contributed by atoms with Crippen LogP contribution in [0.25, 0.3) is 10.9 Å². The summed E-state index contributed by atoms with van der Waals surface area (Å²) in [7, 11) is 1.56. The third-order valence-electron chi connectivity index (χ3n) is 5.44. The van der Waals surface area contributed by atoms with Gasteiger partial charge in [-0.2, -0.15) is 0 Å². The van der Waals surface area contributed by atoms with E-state index in [2.05, 4.69) is 9.88 Å². The number of carbonyl (C=O) groups excluding carboxylic acids is 1. The van der Waals surface area contributed by atoms with E-state index in [1.54, 1.807) is 13.2 Å². The maximum absolute atomic E-state index is 13.3. The Labute approximate surface area is 158 Å². The molecule has 0 radical (unpaired) electrons. The topological polar surface area (TPSA) is 75.1 Å². The Hall–Kier alpha value is -2.22. The van der Waals surface area contributed by atoms with E-state index in [0.717, 1.165) is 30.4 Å². The molecule has 7 heteroatoms. The summed E-state index contributed by atoms with van der Waals surface area (Å²) in [6, 6.07) is 9.38. The van der Waals surface area contributed by atoms with Crippen molar-refractivity contribution < 1.29 is 19.4 Å². The maximum atomic E-state index is 13.3. The molecular weight excluding hydrogens is 346 g/mol. The Balaban J connectivity index is 1.55. The molecule has 2 aliphatic heterocycles. The average Bonchev–Trinajstić information content (AvgIpc) is 2.98. The normalized spacial score (nSPS) is 24.1. The molecule has 7 nitrogen and oxygen atoms in total. The molecule has 2 fully saturated rings. The summed E-state index contributed by atoms with van der Waals surface area (Å²) in [6.45, 7) is 3.86. The van der Waals surface area contributed by atoms with Crippen molar-refractivity contribution in [1.29, 1.82) is 0 Å². The highest BCUT2D eigenvalue weighted by molar-refractivity contribution is 6.06. The summed E-state index contributed by atoms with van der Waals surface area (Å²) in [5, 5.41) is 10.9. The van der Waals surface area contributed by atoms with Crippen molar-refractivity contribution in [3.8, 4) is 5.88 Å². The summed E-state index contributed by atoms with van der Waals surface area (Å²) in [5.74, 6) is 0.441. The van der Waals surface area contributed by atoms with Crippen LogP contribution in [0.3, 0.4) is 0 Å². The van der Waals surface area contributed by atoms with Crippen LogP contribution in [0.4, 0.5) is 0 Å². The molecule has 0 unspecified atom stereocenters. The number of carbonyl (C=O) groups is 1. The van der Waals surface area contributed by atoms with E-state index in [1.165, 1.54) is 0 Å². The van der Waals surface area contributed by atoms with Crippen LogP contribution in [-0.4, -0.2) is 84.4 Å². The minimum atomic E-state index is -0.444. The lowest BCUT2D eigenvalue weighted by Crippen LogP contribution is -2.45. The highest BCUT2D eigenvalue weighted by Crippen LogP contribution is 2.24. The van der Waals surface area contributed by atoms with Crippen LogP contribution in [0.1, 0.15) is 16.8 Å². The molecule has 1 N–H and O–H groups in total. The summed E-state index contributed by atoms with van der Waals surface area (Å²) < 4.78 is 10.7. The van der Waals surface area contributed by atoms with Crippen molar-refractivity contribution >= 4 is 16.8 Å². The first kappa shape index (κ1) is 18.2. The molecule has 0 bridgehead atoms. The van der Waals surface area contributed by atoms with Crippen molar-refractivity contribution in [2.75, 3.05) is 46.5 Å². The van der Waals surface area contributed by atoms with E-state index in [1.807, 2.05) is 29.2 Å². The summed E-state index contributed by atoms with van der Waals surface area (Å²) in [5.41, 5.74) is 1.37. The van der Waals surface area contributed by atoms with Gasteiger partial charge in [0.15, 0.2) is 0 Å². The second-order valence-electron chi connectivity index (χ2n) is 7.08. The fourth-order valence-electron chi connectivity index (χ4n) is 3.96. The lowest BCUT2D eigenvalue weighted by molar-refractivity contribution is 0.0726. The highest BCUT2D eigenvalue weighted by Gasteiger charge is 2.33. The largest absolute Gasteiger partial charge is 0.481 e. The number of aliphatic hydroxyl groups is 1. The Bertz CT molecular complexity index is 828. The summed E-state index contributed by atoms with van der Waals surface area (Å²) in [4.78, 5) is 21.8. The maximum Gasteiger partial charge on any atom is 0.254 e. The molecule has 27 heavy (non-hydrogen) atoms. The fourth-order valence-corrected chi connectivity index (χ4v) is 3.96. The van der Waals surface area contributed by atoms with Crippen LogP contribution < -0.4 is 4.74 Å². The standard InChI is InChI=1S/C20H25N3O4/c1-26-19-11-15(14-5-2-3-6-16(14)21-19)20(25)23-8-4-7-22(9-10-23)17-12-27-13-18(17)24/h2-3,5-6,11,17-18,24H,4,7-10,12-13H2,1H3/t17-,18-/m0/s1. The minimum Gasteiger partial charge on any atom is -0.481 e. The molecule has 1 aromatic heterocycles. The van der Waals surface area contributed by atoms with Gasteiger partial charge in [-0.15, -0.1) is 0 Å². The van der Waals surface area contributed by atoms with E-state index in [9.17, 15) is 9.90 Å². The molecule has 2 aromatic rings. The molecule has 3 heterocycles. The van der Waals surface area contributed by atoms with Crippen LogP contribution in [0.5, 0.6) is 5.88 Å². The average molecular weight is 371 g/mol. The second kappa shape index (κ2) is 7.80. The van der Waals surface area contributed by atoms with Gasteiger partial charge in [-0.1, -0.05) is 18.2 Å². The van der Waals surface area contributed by atoms with Crippen molar-refractivity contribution in [1.82, 2.24) is 14.8 Å². The number of fused-ring (bicyclic) bond motifs is 1. The molecular formula is C20H25N3O4. The smallest absolute Gasteiger partial charge is 0.254 e. The Kier molecular flexibility index (Phi) is 5.24. The summed E-state index contributed by atoms with van der Waals surface area (Å²) in [6.07, 6.45) is 0.426. The van der Waals surface area contributed by atoms with Crippen molar-refractivity contribution in [3.05, 3.63) is 35.9 Å². The van der Waals surface area contributed by atoms with Crippen LogP contribution in [0.2, 0.25) is 0 Å². The SMILES string of the molecule is COc1cc(C(=O)N2CCCN([C@H]3COC[C@@H]3O)CC2)c2ccccc2n1. The van der Waals surface area contributed by atoms with Gasteiger partial charge in [0.2, 0.25) is 5.88 Å². The van der Waals surface area contributed by atoms with Gasteiger partial charge in [-0.25, -0.2) is 4.98 Å². The number of para-hydroxylation sites is 1. The predicted molar refractivity (Wildman–Crippen MR) is 101 cm³/mol. The first-order valence-corrected chi connectivity index (χ1v) is 9.40.